The Balaban J connectivity index is 1.62. The van der Waals surface area contributed by atoms with E-state index >= 15 is 0 Å². The van der Waals surface area contributed by atoms with Crippen molar-refractivity contribution in [3.63, 3.8) is 0 Å². The van der Waals surface area contributed by atoms with Gasteiger partial charge in [0.05, 0.1) is 25.7 Å². The van der Waals surface area contributed by atoms with Gasteiger partial charge in [0.15, 0.2) is 0 Å². The van der Waals surface area contributed by atoms with Gasteiger partial charge < -0.3 is 14.8 Å². The summed E-state index contributed by atoms with van der Waals surface area (Å²) < 4.78 is 49.3. The summed E-state index contributed by atoms with van der Waals surface area (Å²) in [6.07, 6.45) is 1.20. The highest BCUT2D eigenvalue weighted by molar-refractivity contribution is 5.94. The maximum absolute atomic E-state index is 12.9. The van der Waals surface area contributed by atoms with Crippen molar-refractivity contribution >= 4 is 11.9 Å². The minimum atomic E-state index is -4.36. The second-order valence-electron chi connectivity index (χ2n) is 9.66. The SMILES string of the molecule is CCCCCCC(COc1ccc(-c2ccc(C(F)(F)F)cc2)cc1)c1ccc(C(=O)NCCC(=O)OC)cc1. The number of unbranched alkanes of at least 4 members (excludes halogenated alkanes) is 3. The molecule has 0 spiro atoms. The van der Waals surface area contributed by atoms with Crippen LogP contribution >= 0.6 is 0 Å². The first-order valence-electron chi connectivity index (χ1n) is 13.6. The van der Waals surface area contributed by atoms with Crippen LogP contribution in [0.25, 0.3) is 11.1 Å². The van der Waals surface area contributed by atoms with Crippen molar-refractivity contribution in [3.05, 3.63) is 89.5 Å². The first-order chi connectivity index (χ1) is 19.2. The average Bonchev–Trinajstić information content (AvgIpc) is 2.96. The van der Waals surface area contributed by atoms with E-state index < -0.39 is 11.7 Å². The summed E-state index contributed by atoms with van der Waals surface area (Å²) in [6, 6.07) is 19.9. The Kier molecular flexibility index (Phi) is 11.6. The molecule has 1 unspecified atom stereocenters. The summed E-state index contributed by atoms with van der Waals surface area (Å²) in [6.45, 7) is 2.83. The molecule has 3 aromatic rings. The second kappa shape index (κ2) is 15.1. The number of carbonyl (C=O) groups excluding carboxylic acids is 2. The molecule has 1 amide bonds. The third-order valence-corrected chi connectivity index (χ3v) is 6.74. The monoisotopic (exact) mass is 555 g/mol. The zero-order valence-corrected chi connectivity index (χ0v) is 22.9. The fourth-order valence-corrected chi connectivity index (χ4v) is 4.34. The van der Waals surface area contributed by atoms with E-state index in [1.807, 2.05) is 36.4 Å². The molecule has 0 radical (unpaired) electrons. The largest absolute Gasteiger partial charge is 0.493 e. The van der Waals surface area contributed by atoms with Crippen LogP contribution in [0.3, 0.4) is 0 Å². The summed E-state index contributed by atoms with van der Waals surface area (Å²) in [5.41, 5.74) is 2.41. The van der Waals surface area contributed by atoms with Crippen molar-refractivity contribution in [1.82, 2.24) is 5.32 Å². The third kappa shape index (κ3) is 9.43. The van der Waals surface area contributed by atoms with Crippen LogP contribution in [0, 0.1) is 0 Å². The number of esters is 1. The van der Waals surface area contributed by atoms with Gasteiger partial charge in [0.2, 0.25) is 0 Å². The van der Waals surface area contributed by atoms with E-state index in [2.05, 4.69) is 17.0 Å². The molecule has 0 heterocycles. The molecule has 8 heteroatoms. The topological polar surface area (TPSA) is 64.6 Å². The lowest BCUT2D eigenvalue weighted by molar-refractivity contribution is -0.140. The van der Waals surface area contributed by atoms with Crippen LogP contribution in [0.15, 0.2) is 72.8 Å². The number of hydrogen-bond acceptors (Lipinski definition) is 4. The second-order valence-corrected chi connectivity index (χ2v) is 9.66. The molecule has 3 aromatic carbocycles. The van der Waals surface area contributed by atoms with Gasteiger partial charge in [0.1, 0.15) is 5.75 Å². The van der Waals surface area contributed by atoms with Crippen molar-refractivity contribution in [2.24, 2.45) is 0 Å². The quantitative estimate of drug-likeness (QED) is 0.163. The number of carbonyl (C=O) groups is 2. The maximum atomic E-state index is 12.9. The van der Waals surface area contributed by atoms with Gasteiger partial charge >= 0.3 is 12.1 Å². The van der Waals surface area contributed by atoms with Crippen LogP contribution in [0.2, 0.25) is 0 Å². The van der Waals surface area contributed by atoms with E-state index in [0.717, 1.165) is 48.9 Å². The van der Waals surface area contributed by atoms with E-state index in [4.69, 9.17) is 4.74 Å². The van der Waals surface area contributed by atoms with Crippen LogP contribution in [-0.2, 0) is 15.7 Å². The highest BCUT2D eigenvalue weighted by atomic mass is 19.4. The lowest BCUT2D eigenvalue weighted by atomic mass is 9.93. The van der Waals surface area contributed by atoms with E-state index in [0.29, 0.717) is 23.5 Å². The van der Waals surface area contributed by atoms with Crippen LogP contribution < -0.4 is 10.1 Å². The van der Waals surface area contributed by atoms with E-state index in [-0.39, 0.29) is 30.8 Å². The minimum absolute atomic E-state index is 0.114. The highest BCUT2D eigenvalue weighted by Crippen LogP contribution is 2.32. The van der Waals surface area contributed by atoms with Gasteiger partial charge in [-0.3, -0.25) is 9.59 Å². The van der Waals surface area contributed by atoms with Gasteiger partial charge in [-0.2, -0.15) is 13.2 Å². The lowest BCUT2D eigenvalue weighted by Gasteiger charge is -2.19. The standard InChI is InChI=1S/C32H36F3NO4/c1-3-4-5-6-7-27(25-8-10-26(11-9-25)31(38)36-21-20-30(37)39-2)22-40-29-18-14-24(15-19-29)23-12-16-28(17-13-23)32(33,34)35/h8-19,27H,3-7,20-22H2,1-2H3,(H,36,38). The molecule has 40 heavy (non-hydrogen) atoms. The highest BCUT2D eigenvalue weighted by Gasteiger charge is 2.30. The Labute approximate surface area is 233 Å². The van der Waals surface area contributed by atoms with E-state index in [1.165, 1.54) is 25.7 Å². The van der Waals surface area contributed by atoms with Gasteiger partial charge in [-0.25, -0.2) is 0 Å². The molecule has 0 aliphatic carbocycles. The molecule has 0 saturated carbocycles. The number of halogens is 3. The van der Waals surface area contributed by atoms with Crippen LogP contribution in [0.1, 0.15) is 72.9 Å². The van der Waals surface area contributed by atoms with Gasteiger partial charge in [-0.05, 0) is 59.5 Å². The summed E-state index contributed by atoms with van der Waals surface area (Å²) in [4.78, 5) is 23.6. The Morgan fingerprint density at radius 2 is 1.48 bits per heavy atom. The molecule has 0 saturated heterocycles. The van der Waals surface area contributed by atoms with Gasteiger partial charge in [-0.1, -0.05) is 69.0 Å². The van der Waals surface area contributed by atoms with Gasteiger partial charge in [-0.15, -0.1) is 0 Å². The number of rotatable bonds is 14. The summed E-state index contributed by atoms with van der Waals surface area (Å²) in [7, 11) is 1.31. The predicted octanol–water partition coefficient (Wildman–Crippen LogP) is 7.80. The van der Waals surface area contributed by atoms with Crippen molar-refractivity contribution < 1.29 is 32.2 Å². The van der Waals surface area contributed by atoms with E-state index in [1.54, 1.807) is 12.1 Å². The molecule has 214 valence electrons. The average molecular weight is 556 g/mol. The Morgan fingerprint density at radius 3 is 2.05 bits per heavy atom. The number of hydrogen-bond donors (Lipinski definition) is 1. The summed E-state index contributed by atoms with van der Waals surface area (Å²) in [5, 5.41) is 2.72. The molecule has 0 aliphatic heterocycles. The molecule has 3 rings (SSSR count). The Hall–Kier alpha value is -3.81. The Bertz CT molecular complexity index is 1210. The fraction of sp³-hybridized carbons (Fsp3) is 0.375. The van der Waals surface area contributed by atoms with Crippen molar-refractivity contribution in [1.29, 1.82) is 0 Å². The molecule has 1 N–H and O–H groups in total. The van der Waals surface area contributed by atoms with Crippen molar-refractivity contribution in [2.75, 3.05) is 20.3 Å². The molecule has 0 bridgehead atoms. The molecule has 1 atom stereocenters. The van der Waals surface area contributed by atoms with Crippen LogP contribution in [0.4, 0.5) is 13.2 Å². The summed E-state index contributed by atoms with van der Waals surface area (Å²) in [5.74, 6) is 0.175. The number of benzene rings is 3. The lowest BCUT2D eigenvalue weighted by Crippen LogP contribution is -2.26. The number of ether oxygens (including phenoxy) is 2. The van der Waals surface area contributed by atoms with E-state index in [9.17, 15) is 22.8 Å². The van der Waals surface area contributed by atoms with Gasteiger partial charge in [0.25, 0.3) is 5.91 Å². The minimum Gasteiger partial charge on any atom is -0.493 e. The number of methoxy groups -OCH3 is 1. The predicted molar refractivity (Wildman–Crippen MR) is 149 cm³/mol. The maximum Gasteiger partial charge on any atom is 0.416 e. The smallest absolute Gasteiger partial charge is 0.416 e. The first-order valence-corrected chi connectivity index (χ1v) is 13.6. The normalized spacial score (nSPS) is 12.0. The zero-order chi connectivity index (χ0) is 29.0. The first kappa shape index (κ1) is 30.7. The number of nitrogens with one attached hydrogen (secondary N) is 1. The summed E-state index contributed by atoms with van der Waals surface area (Å²) >= 11 is 0. The van der Waals surface area contributed by atoms with Crippen LogP contribution in [-0.4, -0.2) is 32.1 Å². The van der Waals surface area contributed by atoms with Crippen LogP contribution in [0.5, 0.6) is 5.75 Å². The third-order valence-electron chi connectivity index (χ3n) is 6.74. The molecular formula is C32H36F3NO4. The van der Waals surface area contributed by atoms with Gasteiger partial charge in [0, 0.05) is 18.0 Å². The molecule has 0 fully saturated rings. The molecular weight excluding hydrogens is 519 g/mol. The fourth-order valence-electron chi connectivity index (χ4n) is 4.34. The number of amides is 1. The number of alkyl halides is 3. The Morgan fingerprint density at radius 1 is 0.850 bits per heavy atom. The molecule has 0 aliphatic rings. The zero-order valence-electron chi connectivity index (χ0n) is 22.9. The molecule has 5 nitrogen and oxygen atoms in total. The van der Waals surface area contributed by atoms with Crippen molar-refractivity contribution in [3.8, 4) is 16.9 Å². The molecule has 0 aromatic heterocycles. The van der Waals surface area contributed by atoms with Crippen molar-refractivity contribution in [2.45, 2.75) is 57.5 Å².